The van der Waals surface area contributed by atoms with E-state index in [4.69, 9.17) is 43.1 Å². The van der Waals surface area contributed by atoms with Crippen LogP contribution in [-0.4, -0.2) is 136 Å². The Bertz CT molecular complexity index is 4110. The van der Waals surface area contributed by atoms with Gasteiger partial charge in [-0.2, -0.15) is 0 Å². The van der Waals surface area contributed by atoms with Gasteiger partial charge < -0.3 is 48.7 Å². The number of nitrogens with zero attached hydrogens (tertiary/aromatic N) is 3. The number of likely N-dealkylation sites (tertiary alicyclic amines) is 1. The van der Waals surface area contributed by atoms with Crippen LogP contribution in [0.3, 0.4) is 0 Å². The Balaban J connectivity index is 0.000000202. The summed E-state index contributed by atoms with van der Waals surface area (Å²) in [6.45, 7) is 9.93. The topological polar surface area (TPSA) is 266 Å². The number of unbranched alkanes of at least 4 members (excludes halogenated alkanes) is 2. The van der Waals surface area contributed by atoms with Crippen LogP contribution in [0.4, 0.5) is 4.79 Å². The number of amides is 1. The fourth-order valence-corrected chi connectivity index (χ4v) is 14.4. The zero-order valence-electron chi connectivity index (χ0n) is 57.3. The van der Waals surface area contributed by atoms with E-state index in [0.29, 0.717) is 68.8 Å². The normalized spacial score (nSPS) is 21.8. The minimum Gasteiger partial charge on any atom is -0.481 e. The maximum absolute atomic E-state index is 13.0. The van der Waals surface area contributed by atoms with Gasteiger partial charge in [0.25, 0.3) is 0 Å². The van der Waals surface area contributed by atoms with Gasteiger partial charge in [0.05, 0.1) is 67.6 Å². The van der Waals surface area contributed by atoms with Gasteiger partial charge in [0.1, 0.15) is 42.1 Å². The Morgan fingerprint density at radius 2 is 1.02 bits per heavy atom. The second-order valence-corrected chi connectivity index (χ2v) is 28.1. The number of carbonyl (C=O) groups is 7. The summed E-state index contributed by atoms with van der Waals surface area (Å²) in [7, 11) is 2.67. The van der Waals surface area contributed by atoms with Crippen molar-refractivity contribution in [3.8, 4) is 35.4 Å². The lowest BCUT2D eigenvalue weighted by Gasteiger charge is -2.27. The quantitative estimate of drug-likeness (QED) is 0.0247. The van der Waals surface area contributed by atoms with E-state index < -0.39 is 71.6 Å². The zero-order chi connectivity index (χ0) is 70.1. The number of carboxylic acids is 2. The third kappa shape index (κ3) is 17.9. The highest BCUT2D eigenvalue weighted by atomic mass is 16.6. The molecule has 4 heterocycles. The molecule has 10 atom stereocenters. The number of hydrogen-bond donors (Lipinski definition) is 3. The van der Waals surface area contributed by atoms with Gasteiger partial charge in [-0.1, -0.05) is 109 Å². The molecule has 2 aromatic heterocycles. The summed E-state index contributed by atoms with van der Waals surface area (Å²) in [6.07, 6.45) is 7.70. The summed E-state index contributed by atoms with van der Waals surface area (Å²) in [4.78, 5) is 98.2. The number of aliphatic carboxylic acids is 2. The number of fused-ring (bicyclic) bond motifs is 4. The van der Waals surface area contributed by atoms with Crippen molar-refractivity contribution in [3.63, 3.8) is 0 Å². The summed E-state index contributed by atoms with van der Waals surface area (Å²) >= 11 is 0. The van der Waals surface area contributed by atoms with Crippen LogP contribution in [0.2, 0.25) is 0 Å². The van der Waals surface area contributed by atoms with Gasteiger partial charge in [-0.15, -0.1) is 0 Å². The minimum absolute atomic E-state index is 0.0880. The number of para-hydroxylation sites is 2. The number of aryl methyl sites for hydroxylation is 2. The van der Waals surface area contributed by atoms with Crippen LogP contribution in [-0.2, 0) is 78.1 Å². The molecule has 4 fully saturated rings. The van der Waals surface area contributed by atoms with Crippen molar-refractivity contribution >= 4 is 63.7 Å². The second-order valence-electron chi connectivity index (χ2n) is 28.1. The molecule has 99 heavy (non-hydrogen) atoms. The predicted molar refractivity (Wildman–Crippen MR) is 367 cm³/mol. The van der Waals surface area contributed by atoms with Gasteiger partial charge in [0.15, 0.2) is 0 Å². The number of carboxylic acid groups (broad SMARTS) is 2. The van der Waals surface area contributed by atoms with E-state index in [1.54, 1.807) is 20.8 Å². The monoisotopic (exact) mass is 1350 g/mol. The SMILES string of the molecule is COC(=O)[C@@H]1C[C@@H](Oc2nc3ccccc3c(C)c2C#CCCC[C@@H]2C[C@H]2OC(=O)C[C@H](C(=O)O)C2Cc3ccccc3C2)CN1.COC(=O)[C@@H]1C[C@@H](Oc2nc3ccccc3c(C)c2C#CCCC[C@@H]2C[C@H]2OC(=O)C[C@H](C(=O)O)C2Cc3ccccc3C2)CN1C(=O)OC(C)(C)C. The van der Waals surface area contributed by atoms with Gasteiger partial charge in [0, 0.05) is 43.0 Å². The summed E-state index contributed by atoms with van der Waals surface area (Å²) in [5.41, 5.74) is 8.81. The fourth-order valence-electron chi connectivity index (χ4n) is 14.4. The predicted octanol–water partition coefficient (Wildman–Crippen LogP) is 11.2. The van der Waals surface area contributed by atoms with Crippen molar-refractivity contribution < 1.29 is 76.9 Å². The first-order valence-electron chi connectivity index (χ1n) is 34.6. The molecule has 12 rings (SSSR count). The maximum Gasteiger partial charge on any atom is 0.411 e. The Morgan fingerprint density at radius 1 is 0.586 bits per heavy atom. The Morgan fingerprint density at radius 3 is 1.45 bits per heavy atom. The third-order valence-electron chi connectivity index (χ3n) is 19.9. The molecular weight excluding hydrogens is 1260 g/mol. The highest BCUT2D eigenvalue weighted by Gasteiger charge is 2.46. The number of esters is 4. The van der Waals surface area contributed by atoms with Crippen LogP contribution < -0.4 is 14.8 Å². The first-order chi connectivity index (χ1) is 47.6. The lowest BCUT2D eigenvalue weighted by molar-refractivity contribution is -0.154. The Hall–Kier alpha value is -9.53. The molecule has 3 N–H and O–H groups in total. The van der Waals surface area contributed by atoms with Crippen molar-refractivity contribution in [2.24, 2.45) is 35.5 Å². The number of rotatable bonds is 22. The molecule has 2 saturated carbocycles. The van der Waals surface area contributed by atoms with Crippen LogP contribution in [0.5, 0.6) is 11.8 Å². The molecule has 4 aliphatic carbocycles. The zero-order valence-corrected chi connectivity index (χ0v) is 57.3. The molecule has 0 bridgehead atoms. The maximum atomic E-state index is 13.0. The molecule has 0 radical (unpaired) electrons. The number of carbonyl (C=O) groups excluding carboxylic acids is 5. The molecule has 4 aromatic carbocycles. The molecule has 20 heteroatoms. The van der Waals surface area contributed by atoms with Gasteiger partial charge >= 0.3 is 41.9 Å². The third-order valence-corrected chi connectivity index (χ3v) is 19.9. The number of aromatic nitrogens is 2. The standard InChI is InChI=1S/C42H48N2O9.C37H40N2O7/c1-25-31-16-11-12-18-34(31)43-38(51-30-22-35(40(48)50-5)44(24-30)41(49)53-42(2,3)4)32(25)17-8-6-7-15-28-21-36(28)52-37(45)23-33(39(46)47)29-19-26-13-9-10-14-27(26)20-29;1-22-28-13-8-9-15-31(28)39-35(45-27-19-32(38-21-27)37(43)44-2)29(22)14-5-3-4-12-25-18-33(25)46-34(40)20-30(36(41)42)26-16-23-10-6-7-11-24(23)17-26/h9-14,16,18,28-30,33,35-36H,6-7,15,19-24H2,1-5H3,(H,46,47);6-11,13,15,25-27,30,32-33,38H,3-4,12,16-21H2,1-2H3,(H,41,42)/t28-,30-,33+,35+,36-;25-,27-,30+,32+,33-/m11/s1. The van der Waals surface area contributed by atoms with E-state index in [1.165, 1.54) is 30.2 Å². The Labute approximate surface area is 577 Å². The first kappa shape index (κ1) is 70.8. The molecule has 0 unspecified atom stereocenters. The summed E-state index contributed by atoms with van der Waals surface area (Å²) in [5, 5.41) is 24.9. The van der Waals surface area contributed by atoms with Gasteiger partial charge in [-0.3, -0.25) is 28.9 Å². The molecule has 0 spiro atoms. The lowest BCUT2D eigenvalue weighted by Crippen LogP contribution is -2.44. The number of nitrogens with one attached hydrogen (secondary N) is 1. The lowest BCUT2D eigenvalue weighted by atomic mass is 9.87. The average molecular weight is 1350 g/mol. The number of methoxy groups -OCH3 is 2. The minimum atomic E-state index is -0.951. The molecule has 1 amide bonds. The van der Waals surface area contributed by atoms with E-state index in [0.717, 1.165) is 88.1 Å². The summed E-state index contributed by atoms with van der Waals surface area (Å²) in [6, 6.07) is 30.4. The van der Waals surface area contributed by atoms with E-state index in [1.807, 2.05) is 111 Å². The van der Waals surface area contributed by atoms with E-state index in [9.17, 15) is 43.8 Å². The van der Waals surface area contributed by atoms with Crippen molar-refractivity contribution in [2.45, 2.75) is 179 Å². The average Bonchev–Trinajstić information content (AvgIpc) is 1.57. The van der Waals surface area contributed by atoms with E-state index in [2.05, 4.69) is 29.0 Å². The Kier molecular flexibility index (Phi) is 22.6. The smallest absolute Gasteiger partial charge is 0.411 e. The van der Waals surface area contributed by atoms with Crippen molar-refractivity contribution in [1.29, 1.82) is 0 Å². The molecule has 6 aliphatic rings. The van der Waals surface area contributed by atoms with Gasteiger partial charge in [-0.25, -0.2) is 19.6 Å². The number of hydrogen-bond acceptors (Lipinski definition) is 17. The molecule has 20 nitrogen and oxygen atoms in total. The highest BCUT2D eigenvalue weighted by molar-refractivity contribution is 5.87. The summed E-state index contributed by atoms with van der Waals surface area (Å²) < 4.78 is 39.5. The van der Waals surface area contributed by atoms with Crippen LogP contribution in [0, 0.1) is 73.0 Å². The van der Waals surface area contributed by atoms with Crippen LogP contribution in [0.1, 0.15) is 142 Å². The van der Waals surface area contributed by atoms with E-state index >= 15 is 0 Å². The van der Waals surface area contributed by atoms with Crippen LogP contribution in [0.25, 0.3) is 21.8 Å². The highest BCUT2D eigenvalue weighted by Crippen LogP contribution is 2.42. The number of pyridine rings is 2. The van der Waals surface area contributed by atoms with Gasteiger partial charge in [-0.05, 0) is 168 Å². The van der Waals surface area contributed by atoms with Gasteiger partial charge in [0.2, 0.25) is 11.8 Å². The fraction of sp³-hybridized carbons (Fsp3) is 0.481. The summed E-state index contributed by atoms with van der Waals surface area (Å²) in [5.74, 6) is 9.18. The molecule has 2 aliphatic heterocycles. The van der Waals surface area contributed by atoms with Crippen molar-refractivity contribution in [2.75, 3.05) is 27.3 Å². The van der Waals surface area contributed by atoms with Crippen LogP contribution >= 0.6 is 0 Å². The van der Waals surface area contributed by atoms with Crippen LogP contribution in [0.15, 0.2) is 97.1 Å². The largest absolute Gasteiger partial charge is 0.481 e. The van der Waals surface area contributed by atoms with E-state index in [-0.39, 0.29) is 73.8 Å². The van der Waals surface area contributed by atoms with Crippen molar-refractivity contribution in [1.82, 2.24) is 20.2 Å². The number of ether oxygens (including phenoxy) is 7. The first-order valence-corrected chi connectivity index (χ1v) is 34.6. The molecular formula is C79H88N4O16. The molecule has 2 saturated heterocycles. The van der Waals surface area contributed by atoms with Crippen molar-refractivity contribution in [3.05, 3.63) is 142 Å². The number of benzene rings is 4. The molecule has 520 valence electrons. The molecule has 6 aromatic rings. The second kappa shape index (κ2) is 31.6.